The Bertz CT molecular complexity index is 990. The highest BCUT2D eigenvalue weighted by atomic mass is 16.5. The van der Waals surface area contributed by atoms with Gasteiger partial charge in [0.15, 0.2) is 5.78 Å². The second kappa shape index (κ2) is 11.8. The quantitative estimate of drug-likeness (QED) is 0.224. The topological polar surface area (TPSA) is 79.4 Å². The minimum atomic E-state index is -0.799. The Morgan fingerprint density at radius 2 is 2.00 bits per heavy atom. The number of ketones is 1. The summed E-state index contributed by atoms with van der Waals surface area (Å²) in [7, 11) is 0. The van der Waals surface area contributed by atoms with Crippen molar-refractivity contribution in [2.45, 2.75) is 78.4 Å². The molecule has 1 saturated carbocycles. The van der Waals surface area contributed by atoms with Gasteiger partial charge in [0.1, 0.15) is 0 Å². The second-order valence-electron chi connectivity index (χ2n) is 11.2. The maximum atomic E-state index is 13.6. The Morgan fingerprint density at radius 1 is 1.19 bits per heavy atom. The van der Waals surface area contributed by atoms with Gasteiger partial charge < -0.3 is 14.8 Å². The third kappa shape index (κ3) is 5.46. The third-order valence-corrected chi connectivity index (χ3v) is 9.14. The van der Waals surface area contributed by atoms with Crippen LogP contribution in [0.3, 0.4) is 0 Å². The molecule has 3 aliphatic rings. The van der Waals surface area contributed by atoms with E-state index in [1.54, 1.807) is 6.92 Å². The predicted octanol–water partition coefficient (Wildman–Crippen LogP) is 6.85. The Hall–Kier alpha value is -2.40. The lowest BCUT2D eigenvalue weighted by molar-refractivity contribution is -0.152. The molecule has 2 heterocycles. The van der Waals surface area contributed by atoms with E-state index in [2.05, 4.69) is 56.1 Å². The summed E-state index contributed by atoms with van der Waals surface area (Å²) in [5.74, 6) is 0.846. The van der Waals surface area contributed by atoms with Crippen molar-refractivity contribution < 1.29 is 19.4 Å². The molecule has 36 heavy (non-hydrogen) atoms. The normalized spacial score (nSPS) is 35.6. The van der Waals surface area contributed by atoms with E-state index in [9.17, 15) is 14.7 Å². The summed E-state index contributed by atoms with van der Waals surface area (Å²) in [6, 6.07) is 3.80. The Balaban J connectivity index is 1.55. The van der Waals surface area contributed by atoms with E-state index in [1.165, 1.54) is 18.4 Å². The van der Waals surface area contributed by atoms with Crippen LogP contribution >= 0.6 is 0 Å². The first-order valence-electron chi connectivity index (χ1n) is 14.0. The number of allylic oxidation sites excluding steroid dienone is 5. The number of carboxylic acids is 1. The van der Waals surface area contributed by atoms with Crippen LogP contribution in [0.25, 0.3) is 0 Å². The van der Waals surface area contributed by atoms with Crippen molar-refractivity contribution in [3.63, 3.8) is 0 Å². The summed E-state index contributed by atoms with van der Waals surface area (Å²) in [5, 5.41) is 9.46. The van der Waals surface area contributed by atoms with Gasteiger partial charge in [-0.3, -0.25) is 9.59 Å². The van der Waals surface area contributed by atoms with Gasteiger partial charge in [-0.15, -0.1) is 0 Å². The number of H-pyrrole nitrogens is 1. The zero-order valence-corrected chi connectivity index (χ0v) is 22.2. The van der Waals surface area contributed by atoms with Crippen molar-refractivity contribution in [3.8, 4) is 0 Å². The van der Waals surface area contributed by atoms with Crippen LogP contribution in [0.1, 0.15) is 76.7 Å². The van der Waals surface area contributed by atoms with Crippen molar-refractivity contribution in [1.29, 1.82) is 0 Å². The smallest absolute Gasteiger partial charge is 0.308 e. The molecule has 2 N–H and O–H groups in total. The molecule has 1 aliphatic heterocycles. The molecule has 0 radical (unpaired) electrons. The van der Waals surface area contributed by atoms with Gasteiger partial charge in [-0.2, -0.15) is 0 Å². The van der Waals surface area contributed by atoms with Gasteiger partial charge in [-0.1, -0.05) is 57.6 Å². The highest BCUT2D eigenvalue weighted by molar-refractivity contribution is 5.97. The van der Waals surface area contributed by atoms with Crippen LogP contribution in [0.4, 0.5) is 0 Å². The number of aliphatic carboxylic acids is 1. The number of aromatic amines is 1. The number of Topliss-reactive ketones (excluding diaryl/α,β-unsaturated/α-hetero) is 1. The van der Waals surface area contributed by atoms with Crippen LogP contribution in [0, 0.1) is 41.4 Å². The van der Waals surface area contributed by atoms with Crippen molar-refractivity contribution in [1.82, 2.24) is 4.98 Å². The average Bonchev–Trinajstić information content (AvgIpc) is 3.56. The molecular formula is C31H43NO4. The van der Waals surface area contributed by atoms with E-state index >= 15 is 0 Å². The summed E-state index contributed by atoms with van der Waals surface area (Å²) < 4.78 is 6.35. The number of carbonyl (C=O) groups excluding carboxylic acids is 1. The van der Waals surface area contributed by atoms with Gasteiger partial charge in [0.05, 0.1) is 23.8 Å². The number of nitrogens with one attached hydrogen (secondary N) is 1. The van der Waals surface area contributed by atoms with Crippen molar-refractivity contribution in [2.75, 3.05) is 0 Å². The Morgan fingerprint density at radius 3 is 2.67 bits per heavy atom. The molecule has 2 aliphatic carbocycles. The molecule has 0 aromatic carbocycles. The van der Waals surface area contributed by atoms with E-state index in [4.69, 9.17) is 4.74 Å². The third-order valence-electron chi connectivity index (χ3n) is 9.14. The van der Waals surface area contributed by atoms with Gasteiger partial charge in [-0.05, 0) is 80.4 Å². The van der Waals surface area contributed by atoms with E-state index < -0.39 is 11.9 Å². The average molecular weight is 494 g/mol. The van der Waals surface area contributed by atoms with E-state index in [0.29, 0.717) is 29.4 Å². The van der Waals surface area contributed by atoms with Gasteiger partial charge in [0.25, 0.3) is 0 Å². The largest absolute Gasteiger partial charge is 0.481 e. The second-order valence-corrected chi connectivity index (χ2v) is 11.2. The number of ether oxygens (including phenoxy) is 1. The first-order valence-corrected chi connectivity index (χ1v) is 14.0. The van der Waals surface area contributed by atoms with Crippen LogP contribution in [-0.2, 0) is 9.53 Å². The van der Waals surface area contributed by atoms with Gasteiger partial charge >= 0.3 is 5.97 Å². The zero-order chi connectivity index (χ0) is 25.8. The summed E-state index contributed by atoms with van der Waals surface area (Å²) in [5.41, 5.74) is 1.90. The van der Waals surface area contributed by atoms with Crippen LogP contribution in [-0.4, -0.2) is 34.1 Å². The lowest BCUT2D eigenvalue weighted by atomic mass is 9.68. The maximum Gasteiger partial charge on any atom is 0.308 e. The van der Waals surface area contributed by atoms with E-state index in [0.717, 1.165) is 25.7 Å². The molecule has 5 heteroatoms. The van der Waals surface area contributed by atoms with Crippen molar-refractivity contribution >= 4 is 11.8 Å². The number of aromatic nitrogens is 1. The number of carboxylic acid groups (broad SMARTS) is 1. The van der Waals surface area contributed by atoms with Crippen molar-refractivity contribution in [2.24, 2.45) is 41.4 Å². The Kier molecular flexibility index (Phi) is 8.71. The molecule has 0 amide bonds. The molecule has 1 aromatic rings. The fourth-order valence-electron chi connectivity index (χ4n) is 6.88. The van der Waals surface area contributed by atoms with Crippen LogP contribution in [0.2, 0.25) is 0 Å². The molecule has 0 spiro atoms. The summed E-state index contributed by atoms with van der Waals surface area (Å²) >= 11 is 0. The van der Waals surface area contributed by atoms with E-state index in [-0.39, 0.29) is 29.8 Å². The fraction of sp³-hybridized carbons (Fsp3) is 0.613. The van der Waals surface area contributed by atoms with Crippen LogP contribution < -0.4 is 0 Å². The molecule has 9 atom stereocenters. The molecular weight excluding hydrogens is 450 g/mol. The molecule has 1 aromatic heterocycles. The number of hydrogen-bond acceptors (Lipinski definition) is 3. The molecule has 5 nitrogen and oxygen atoms in total. The lowest BCUT2D eigenvalue weighted by Gasteiger charge is -2.38. The predicted molar refractivity (Wildman–Crippen MR) is 143 cm³/mol. The molecule has 196 valence electrons. The summed E-state index contributed by atoms with van der Waals surface area (Å²) in [4.78, 5) is 28.3. The maximum absolute atomic E-state index is 13.6. The van der Waals surface area contributed by atoms with Gasteiger partial charge in [0, 0.05) is 18.0 Å². The molecule has 1 saturated heterocycles. The monoisotopic (exact) mass is 493 g/mol. The summed E-state index contributed by atoms with van der Waals surface area (Å²) in [6.07, 6.45) is 18.7. The first kappa shape index (κ1) is 26.7. The Labute approximate surface area is 216 Å². The van der Waals surface area contributed by atoms with Gasteiger partial charge in [-0.25, -0.2) is 0 Å². The number of hydrogen-bond donors (Lipinski definition) is 2. The minimum absolute atomic E-state index is 0.0458. The number of fused-ring (bicyclic) bond motifs is 1. The van der Waals surface area contributed by atoms with Crippen LogP contribution in [0.5, 0.6) is 0 Å². The van der Waals surface area contributed by atoms with E-state index in [1.807, 2.05) is 18.3 Å². The fourth-order valence-corrected chi connectivity index (χ4v) is 6.88. The SMILES string of the molecule is CC/C(=C\C=C\[C@H]1C=C[C@@H]2[C@@H](CC)CC[C@H]2[C@@H]1C(=O)c1ccc[nH]1)[C@@H]1O[C@@H]([C@@H](C)C(=O)O)CC[C@@H]1C. The molecule has 0 unspecified atom stereocenters. The zero-order valence-electron chi connectivity index (χ0n) is 22.2. The molecule has 2 fully saturated rings. The van der Waals surface area contributed by atoms with Gasteiger partial charge in [0.2, 0.25) is 0 Å². The number of rotatable bonds is 9. The van der Waals surface area contributed by atoms with Crippen molar-refractivity contribution in [3.05, 3.63) is 60.0 Å². The molecule has 4 rings (SSSR count). The van der Waals surface area contributed by atoms with Crippen LogP contribution in [0.15, 0.2) is 54.3 Å². The highest BCUT2D eigenvalue weighted by Crippen LogP contribution is 2.49. The standard InChI is InChI=1S/C31H43NO4/c1-5-21-13-16-25-24(21)15-14-23(28(25)29(33)26-11-8-18-32-26)10-7-9-22(6-2)30-19(3)12-17-27(36-30)20(4)31(34)35/h7-11,14-15,18-21,23-25,27-28,30,32H,5-6,12-13,16-17H2,1-4H3,(H,34,35)/b10-7+,22-9+/t19-,20+,21-,23-,24+,25+,27+,28+,30+/m0/s1. The summed E-state index contributed by atoms with van der Waals surface area (Å²) in [6.45, 7) is 8.33. The molecule has 0 bridgehead atoms. The first-order chi connectivity index (χ1) is 17.3. The lowest BCUT2D eigenvalue weighted by Crippen LogP contribution is -2.40. The highest BCUT2D eigenvalue weighted by Gasteiger charge is 2.45. The minimum Gasteiger partial charge on any atom is -0.481 e. The number of carbonyl (C=O) groups is 2.